The summed E-state index contributed by atoms with van der Waals surface area (Å²) in [6.45, 7) is 3.03. The topological polar surface area (TPSA) is 59.6 Å². The highest BCUT2D eigenvalue weighted by atomic mass is 35.5. The molecule has 2 N–H and O–H groups in total. The van der Waals surface area contributed by atoms with E-state index in [4.69, 9.17) is 21.1 Å². The molecule has 1 aromatic rings. The standard InChI is InChI=1S/C16H23ClN2O3/c1-21-8-9-22-15-4-3-13(10-14(15)17)19-16(20)5-2-12-6-7-18-11-12/h3-4,10,12,18H,2,5-9,11H2,1H3,(H,19,20). The fraction of sp³-hybridized carbons (Fsp3) is 0.562. The molecule has 1 unspecified atom stereocenters. The van der Waals surface area contributed by atoms with Gasteiger partial charge in [-0.25, -0.2) is 0 Å². The molecular formula is C16H23ClN2O3. The number of halogens is 1. The number of rotatable bonds is 8. The summed E-state index contributed by atoms with van der Waals surface area (Å²) in [6.07, 6.45) is 2.62. The van der Waals surface area contributed by atoms with E-state index in [9.17, 15) is 4.79 Å². The van der Waals surface area contributed by atoms with Gasteiger partial charge in [-0.15, -0.1) is 0 Å². The van der Waals surface area contributed by atoms with Crippen LogP contribution in [0.4, 0.5) is 5.69 Å². The Morgan fingerprint density at radius 3 is 3.00 bits per heavy atom. The van der Waals surface area contributed by atoms with Gasteiger partial charge in [-0.2, -0.15) is 0 Å². The first-order chi connectivity index (χ1) is 10.7. The van der Waals surface area contributed by atoms with Crippen molar-refractivity contribution in [3.05, 3.63) is 23.2 Å². The van der Waals surface area contributed by atoms with Crippen LogP contribution in [0.15, 0.2) is 18.2 Å². The van der Waals surface area contributed by atoms with Gasteiger partial charge in [0.05, 0.1) is 11.6 Å². The molecular weight excluding hydrogens is 304 g/mol. The Morgan fingerprint density at radius 1 is 1.45 bits per heavy atom. The maximum atomic E-state index is 12.0. The lowest BCUT2D eigenvalue weighted by Gasteiger charge is -2.11. The quantitative estimate of drug-likeness (QED) is 0.721. The molecule has 1 aliphatic rings. The van der Waals surface area contributed by atoms with Crippen molar-refractivity contribution in [2.24, 2.45) is 5.92 Å². The van der Waals surface area contributed by atoms with Gasteiger partial charge in [0, 0.05) is 19.2 Å². The van der Waals surface area contributed by atoms with Crippen LogP contribution < -0.4 is 15.4 Å². The molecule has 1 heterocycles. The molecule has 1 saturated heterocycles. The number of ether oxygens (including phenoxy) is 2. The van der Waals surface area contributed by atoms with Gasteiger partial charge in [0.1, 0.15) is 12.4 Å². The molecule has 1 aliphatic heterocycles. The molecule has 1 amide bonds. The molecule has 6 heteroatoms. The number of hydrogen-bond acceptors (Lipinski definition) is 4. The van der Waals surface area contributed by atoms with Crippen LogP contribution in [0, 0.1) is 5.92 Å². The third-order valence-electron chi connectivity index (χ3n) is 3.70. The Hall–Kier alpha value is -1.30. The van der Waals surface area contributed by atoms with Crippen molar-refractivity contribution in [3.63, 3.8) is 0 Å². The third kappa shape index (κ3) is 5.48. The minimum atomic E-state index is 0.0241. The van der Waals surface area contributed by atoms with Crippen LogP contribution in [-0.2, 0) is 9.53 Å². The van der Waals surface area contributed by atoms with Gasteiger partial charge >= 0.3 is 0 Å². The number of carbonyl (C=O) groups excluding carboxylic acids is 1. The first kappa shape index (κ1) is 17.1. The van der Waals surface area contributed by atoms with E-state index >= 15 is 0 Å². The zero-order valence-electron chi connectivity index (χ0n) is 12.9. The van der Waals surface area contributed by atoms with E-state index in [0.717, 1.165) is 25.9 Å². The normalized spacial score (nSPS) is 17.5. The van der Waals surface area contributed by atoms with Gasteiger partial charge in [0.15, 0.2) is 0 Å². The first-order valence-corrected chi connectivity index (χ1v) is 7.98. The Kier molecular flexibility index (Phi) is 6.96. The Bertz CT molecular complexity index is 490. The molecule has 1 fully saturated rings. The summed E-state index contributed by atoms with van der Waals surface area (Å²) in [5.74, 6) is 1.23. The SMILES string of the molecule is COCCOc1ccc(NC(=O)CCC2CCNC2)cc1Cl. The number of carbonyl (C=O) groups is 1. The van der Waals surface area contributed by atoms with Crippen LogP contribution in [0.2, 0.25) is 5.02 Å². The van der Waals surface area contributed by atoms with E-state index in [1.807, 2.05) is 0 Å². The summed E-state index contributed by atoms with van der Waals surface area (Å²) in [5.41, 5.74) is 0.693. The van der Waals surface area contributed by atoms with Crippen molar-refractivity contribution in [1.82, 2.24) is 5.32 Å². The summed E-state index contributed by atoms with van der Waals surface area (Å²) < 4.78 is 10.4. The van der Waals surface area contributed by atoms with Gasteiger partial charge in [0.2, 0.25) is 5.91 Å². The van der Waals surface area contributed by atoms with Crippen molar-refractivity contribution in [3.8, 4) is 5.75 Å². The molecule has 22 heavy (non-hydrogen) atoms. The molecule has 122 valence electrons. The average molecular weight is 327 g/mol. The number of amides is 1. The second-order valence-electron chi connectivity index (χ2n) is 5.43. The smallest absolute Gasteiger partial charge is 0.224 e. The highest BCUT2D eigenvalue weighted by Crippen LogP contribution is 2.28. The van der Waals surface area contributed by atoms with E-state index in [-0.39, 0.29) is 5.91 Å². The number of nitrogens with one attached hydrogen (secondary N) is 2. The Morgan fingerprint density at radius 2 is 2.32 bits per heavy atom. The van der Waals surface area contributed by atoms with E-state index in [2.05, 4.69) is 10.6 Å². The number of benzene rings is 1. The van der Waals surface area contributed by atoms with Crippen molar-refractivity contribution in [1.29, 1.82) is 0 Å². The summed E-state index contributed by atoms with van der Waals surface area (Å²) >= 11 is 6.15. The molecule has 0 bridgehead atoms. The second kappa shape index (κ2) is 8.98. The fourth-order valence-corrected chi connectivity index (χ4v) is 2.69. The molecule has 0 saturated carbocycles. The van der Waals surface area contributed by atoms with Gasteiger partial charge in [-0.1, -0.05) is 11.6 Å². The van der Waals surface area contributed by atoms with Crippen LogP contribution in [0.5, 0.6) is 5.75 Å². The summed E-state index contributed by atoms with van der Waals surface area (Å²) in [5, 5.41) is 6.67. The minimum absolute atomic E-state index is 0.0241. The maximum Gasteiger partial charge on any atom is 0.224 e. The van der Waals surface area contributed by atoms with Crippen LogP contribution in [0.3, 0.4) is 0 Å². The minimum Gasteiger partial charge on any atom is -0.490 e. The number of anilines is 1. The van der Waals surface area contributed by atoms with Crippen molar-refractivity contribution in [2.45, 2.75) is 19.3 Å². The number of hydrogen-bond donors (Lipinski definition) is 2. The molecule has 5 nitrogen and oxygen atoms in total. The van der Waals surface area contributed by atoms with Crippen molar-refractivity contribution < 1.29 is 14.3 Å². The molecule has 0 radical (unpaired) electrons. The molecule has 0 aliphatic carbocycles. The lowest BCUT2D eigenvalue weighted by Crippen LogP contribution is -2.15. The molecule has 2 rings (SSSR count). The van der Waals surface area contributed by atoms with Crippen LogP contribution in [0.1, 0.15) is 19.3 Å². The Balaban J connectivity index is 1.79. The maximum absolute atomic E-state index is 12.0. The Labute approximate surface area is 136 Å². The van der Waals surface area contributed by atoms with Crippen molar-refractivity contribution >= 4 is 23.2 Å². The lowest BCUT2D eigenvalue weighted by atomic mass is 10.0. The predicted octanol–water partition coefficient (Wildman–Crippen LogP) is 2.69. The van der Waals surface area contributed by atoms with Gasteiger partial charge < -0.3 is 20.1 Å². The van der Waals surface area contributed by atoms with Crippen LogP contribution >= 0.6 is 11.6 Å². The first-order valence-electron chi connectivity index (χ1n) is 7.61. The van der Waals surface area contributed by atoms with E-state index in [1.165, 1.54) is 0 Å². The zero-order chi connectivity index (χ0) is 15.8. The molecule has 1 aromatic carbocycles. The second-order valence-corrected chi connectivity index (χ2v) is 5.84. The van der Waals surface area contributed by atoms with Gasteiger partial charge in [-0.3, -0.25) is 4.79 Å². The van der Waals surface area contributed by atoms with E-state index < -0.39 is 0 Å². The third-order valence-corrected chi connectivity index (χ3v) is 4.00. The summed E-state index contributed by atoms with van der Waals surface area (Å²) in [6, 6.07) is 5.26. The highest BCUT2D eigenvalue weighted by Gasteiger charge is 2.15. The lowest BCUT2D eigenvalue weighted by molar-refractivity contribution is -0.116. The molecule has 1 atom stereocenters. The van der Waals surface area contributed by atoms with Crippen molar-refractivity contribution in [2.75, 3.05) is 38.7 Å². The van der Waals surface area contributed by atoms with E-state index in [1.54, 1.807) is 25.3 Å². The summed E-state index contributed by atoms with van der Waals surface area (Å²) in [7, 11) is 1.62. The largest absolute Gasteiger partial charge is 0.490 e. The highest BCUT2D eigenvalue weighted by molar-refractivity contribution is 6.32. The summed E-state index contributed by atoms with van der Waals surface area (Å²) in [4.78, 5) is 12.0. The van der Waals surface area contributed by atoms with Crippen LogP contribution in [0.25, 0.3) is 0 Å². The monoisotopic (exact) mass is 326 g/mol. The fourth-order valence-electron chi connectivity index (χ4n) is 2.45. The zero-order valence-corrected chi connectivity index (χ0v) is 13.6. The van der Waals surface area contributed by atoms with Gasteiger partial charge in [0.25, 0.3) is 0 Å². The number of methoxy groups -OCH3 is 1. The molecule has 0 aromatic heterocycles. The van der Waals surface area contributed by atoms with Crippen LogP contribution in [-0.4, -0.2) is 39.3 Å². The van der Waals surface area contributed by atoms with E-state index in [0.29, 0.717) is 42.0 Å². The molecule has 0 spiro atoms. The average Bonchev–Trinajstić information content (AvgIpc) is 3.01. The predicted molar refractivity (Wildman–Crippen MR) is 87.7 cm³/mol. The van der Waals surface area contributed by atoms with Gasteiger partial charge in [-0.05, 0) is 50.0 Å².